The molecule has 0 saturated carbocycles. The molecule has 0 aliphatic carbocycles. The van der Waals surface area contributed by atoms with Crippen LogP contribution in [0.25, 0.3) is 0 Å². The summed E-state index contributed by atoms with van der Waals surface area (Å²) in [4.78, 5) is 12.9. The van der Waals surface area contributed by atoms with Crippen LogP contribution in [0.1, 0.15) is 67.7 Å². The summed E-state index contributed by atoms with van der Waals surface area (Å²) in [6, 6.07) is 20.9. The van der Waals surface area contributed by atoms with E-state index in [1.54, 1.807) is 6.07 Å². The Morgan fingerprint density at radius 1 is 0.970 bits per heavy atom. The lowest BCUT2D eigenvalue weighted by Gasteiger charge is -2.19. The van der Waals surface area contributed by atoms with Gasteiger partial charge in [0.2, 0.25) is 0 Å². The van der Waals surface area contributed by atoms with E-state index in [0.717, 1.165) is 16.9 Å². The summed E-state index contributed by atoms with van der Waals surface area (Å²) in [5.74, 6) is 1.33. The zero-order valence-electron chi connectivity index (χ0n) is 19.9. The van der Waals surface area contributed by atoms with Gasteiger partial charge in [-0.1, -0.05) is 56.6 Å². The molecule has 0 aliphatic rings. The average molecular weight is 466 g/mol. The lowest BCUT2D eigenvalue weighted by molar-refractivity contribution is 0.0939. The van der Waals surface area contributed by atoms with Crippen LogP contribution >= 0.6 is 11.6 Å². The van der Waals surface area contributed by atoms with Gasteiger partial charge in [0.05, 0.1) is 12.6 Å². The van der Waals surface area contributed by atoms with E-state index in [2.05, 4.69) is 38.2 Å². The molecule has 0 unspecified atom stereocenters. The van der Waals surface area contributed by atoms with Crippen molar-refractivity contribution < 1.29 is 14.3 Å². The molecular weight excluding hydrogens is 434 g/mol. The van der Waals surface area contributed by atoms with Crippen molar-refractivity contribution in [2.75, 3.05) is 6.61 Å². The molecule has 1 amide bonds. The van der Waals surface area contributed by atoms with E-state index in [1.165, 1.54) is 5.56 Å². The van der Waals surface area contributed by atoms with E-state index >= 15 is 0 Å². The molecule has 0 saturated heterocycles. The molecule has 3 rings (SSSR count). The monoisotopic (exact) mass is 465 g/mol. The summed E-state index contributed by atoms with van der Waals surface area (Å²) in [5, 5.41) is 3.71. The minimum Gasteiger partial charge on any atom is -0.493 e. The Bertz CT molecular complexity index is 1070. The third-order valence-electron chi connectivity index (χ3n) is 5.45. The third-order valence-corrected chi connectivity index (χ3v) is 5.71. The molecule has 33 heavy (non-hydrogen) atoms. The van der Waals surface area contributed by atoms with Crippen molar-refractivity contribution in [3.63, 3.8) is 0 Å². The molecule has 3 aromatic carbocycles. The lowest BCUT2D eigenvalue weighted by atomic mass is 9.87. The number of halogens is 1. The Morgan fingerprint density at radius 3 is 2.24 bits per heavy atom. The molecule has 0 aliphatic heterocycles. The number of ether oxygens (including phenoxy) is 2. The predicted molar refractivity (Wildman–Crippen MR) is 134 cm³/mol. The van der Waals surface area contributed by atoms with E-state index in [0.29, 0.717) is 29.5 Å². The molecule has 1 N–H and O–H groups in total. The molecule has 1 atom stereocenters. The van der Waals surface area contributed by atoms with Gasteiger partial charge < -0.3 is 14.8 Å². The van der Waals surface area contributed by atoms with Crippen molar-refractivity contribution in [2.24, 2.45) is 0 Å². The molecule has 0 heterocycles. The first kappa shape index (κ1) is 24.7. The zero-order valence-corrected chi connectivity index (χ0v) is 20.7. The van der Waals surface area contributed by atoms with E-state index < -0.39 is 0 Å². The molecule has 0 fully saturated rings. The fraction of sp³-hybridized carbons (Fsp3) is 0.321. The lowest BCUT2D eigenvalue weighted by Crippen LogP contribution is -2.26. The van der Waals surface area contributed by atoms with Gasteiger partial charge in [0.1, 0.15) is 18.1 Å². The number of nitrogens with one attached hydrogen (secondary N) is 1. The van der Waals surface area contributed by atoms with Gasteiger partial charge in [-0.15, -0.1) is 0 Å². The highest BCUT2D eigenvalue weighted by molar-refractivity contribution is 6.30. The fourth-order valence-electron chi connectivity index (χ4n) is 3.46. The second-order valence-electron chi connectivity index (χ2n) is 9.07. The first-order chi connectivity index (χ1) is 15.7. The van der Waals surface area contributed by atoms with E-state index in [1.807, 2.05) is 62.4 Å². The number of benzene rings is 3. The van der Waals surface area contributed by atoms with Gasteiger partial charge in [0.25, 0.3) is 5.91 Å². The van der Waals surface area contributed by atoms with Crippen molar-refractivity contribution in [1.29, 1.82) is 0 Å². The number of rotatable bonds is 8. The third kappa shape index (κ3) is 6.75. The van der Waals surface area contributed by atoms with Crippen molar-refractivity contribution in [3.05, 3.63) is 94.0 Å². The van der Waals surface area contributed by atoms with Crippen LogP contribution in [0, 0.1) is 0 Å². The zero-order chi connectivity index (χ0) is 24.0. The van der Waals surface area contributed by atoms with Crippen LogP contribution in [0.15, 0.2) is 66.7 Å². The maximum Gasteiger partial charge on any atom is 0.251 e. The molecule has 0 aromatic heterocycles. The minimum absolute atomic E-state index is 0.0888. The molecule has 0 spiro atoms. The molecule has 3 aromatic rings. The first-order valence-corrected chi connectivity index (χ1v) is 11.6. The Kier molecular flexibility index (Phi) is 8.04. The van der Waals surface area contributed by atoms with Crippen LogP contribution in [-0.2, 0) is 12.0 Å². The predicted octanol–water partition coefficient (Wildman–Crippen LogP) is 7.11. The Labute approximate surface area is 201 Å². The Morgan fingerprint density at radius 2 is 1.64 bits per heavy atom. The van der Waals surface area contributed by atoms with Crippen LogP contribution in [-0.4, -0.2) is 12.5 Å². The molecule has 0 bridgehead atoms. The number of hydrogen-bond donors (Lipinski definition) is 1. The van der Waals surface area contributed by atoms with Crippen molar-refractivity contribution >= 4 is 17.5 Å². The highest BCUT2D eigenvalue weighted by Gasteiger charge is 2.16. The summed E-state index contributed by atoms with van der Waals surface area (Å²) in [6.45, 7) is 11.3. The normalized spacial score (nSPS) is 12.2. The summed E-state index contributed by atoms with van der Waals surface area (Å²) in [7, 11) is 0. The van der Waals surface area contributed by atoms with Crippen molar-refractivity contribution in [3.8, 4) is 11.5 Å². The molecule has 5 heteroatoms. The van der Waals surface area contributed by atoms with Gasteiger partial charge in [-0.25, -0.2) is 0 Å². The second-order valence-corrected chi connectivity index (χ2v) is 9.50. The molecule has 0 radical (unpaired) electrons. The summed E-state index contributed by atoms with van der Waals surface area (Å²) >= 11 is 5.97. The summed E-state index contributed by atoms with van der Waals surface area (Å²) in [6.07, 6.45) is 0. The average Bonchev–Trinajstić information content (AvgIpc) is 2.78. The maximum absolute atomic E-state index is 12.9. The highest BCUT2D eigenvalue weighted by Crippen LogP contribution is 2.26. The SMILES string of the molecule is CCOc1ccc(C(=O)N[C@H](C)c2ccc(Cl)cc2)cc1COc1ccc(C(C)(C)C)cc1. The van der Waals surface area contributed by atoms with Crippen LogP contribution in [0.4, 0.5) is 0 Å². The molecule has 174 valence electrons. The van der Waals surface area contributed by atoms with Crippen molar-refractivity contribution in [2.45, 2.75) is 52.7 Å². The van der Waals surface area contributed by atoms with E-state index in [4.69, 9.17) is 21.1 Å². The largest absolute Gasteiger partial charge is 0.493 e. The fourth-order valence-corrected chi connectivity index (χ4v) is 3.58. The van der Waals surface area contributed by atoms with Gasteiger partial charge in [0, 0.05) is 16.1 Å². The maximum atomic E-state index is 12.9. The number of amides is 1. The smallest absolute Gasteiger partial charge is 0.251 e. The number of carbonyl (C=O) groups excluding carboxylic acids is 1. The van der Waals surface area contributed by atoms with Gasteiger partial charge in [0.15, 0.2) is 0 Å². The van der Waals surface area contributed by atoms with Crippen LogP contribution < -0.4 is 14.8 Å². The number of hydrogen-bond acceptors (Lipinski definition) is 3. The van der Waals surface area contributed by atoms with Crippen LogP contribution in [0.2, 0.25) is 5.02 Å². The Hall–Kier alpha value is -2.98. The van der Waals surface area contributed by atoms with E-state index in [9.17, 15) is 4.79 Å². The minimum atomic E-state index is -0.156. The Balaban J connectivity index is 1.73. The van der Waals surface area contributed by atoms with Gasteiger partial charge in [-0.3, -0.25) is 4.79 Å². The molecular formula is C28H32ClNO3. The van der Waals surface area contributed by atoms with Crippen molar-refractivity contribution in [1.82, 2.24) is 5.32 Å². The highest BCUT2D eigenvalue weighted by atomic mass is 35.5. The molecule has 4 nitrogen and oxygen atoms in total. The van der Waals surface area contributed by atoms with Crippen LogP contribution in [0.3, 0.4) is 0 Å². The summed E-state index contributed by atoms with van der Waals surface area (Å²) < 4.78 is 11.8. The summed E-state index contributed by atoms with van der Waals surface area (Å²) in [5.41, 5.74) is 3.70. The van der Waals surface area contributed by atoms with Gasteiger partial charge in [-0.05, 0) is 72.9 Å². The standard InChI is InChI=1S/C28H32ClNO3/c1-6-32-26-16-9-21(27(31)30-19(2)20-7-12-24(29)13-8-20)17-22(26)18-33-25-14-10-23(11-15-25)28(3,4)5/h7-17,19H,6,18H2,1-5H3,(H,30,31)/t19-/m1/s1. The van der Waals surface area contributed by atoms with Gasteiger partial charge in [-0.2, -0.15) is 0 Å². The van der Waals surface area contributed by atoms with Crippen LogP contribution in [0.5, 0.6) is 11.5 Å². The second kappa shape index (κ2) is 10.8. The van der Waals surface area contributed by atoms with Gasteiger partial charge >= 0.3 is 0 Å². The topological polar surface area (TPSA) is 47.6 Å². The first-order valence-electron chi connectivity index (χ1n) is 11.2. The quantitative estimate of drug-likeness (QED) is 0.385. The van der Waals surface area contributed by atoms with E-state index in [-0.39, 0.29) is 17.4 Å². The number of carbonyl (C=O) groups is 1.